The summed E-state index contributed by atoms with van der Waals surface area (Å²) in [6, 6.07) is 15.1. The Balaban J connectivity index is 2.07. The molecule has 1 aromatic heterocycles. The number of benzene rings is 2. The number of halogens is 1. The van der Waals surface area contributed by atoms with Gasteiger partial charge >= 0.3 is 10.1 Å². The third-order valence-corrected chi connectivity index (χ3v) is 5.51. The lowest BCUT2D eigenvalue weighted by Gasteiger charge is -2.13. The summed E-state index contributed by atoms with van der Waals surface area (Å²) in [4.78, 5) is 0.0919. The van der Waals surface area contributed by atoms with E-state index >= 15 is 0 Å². The zero-order chi connectivity index (χ0) is 19.8. The number of rotatable bonds is 4. The van der Waals surface area contributed by atoms with Gasteiger partial charge in [-0.05, 0) is 43.3 Å². The fourth-order valence-electron chi connectivity index (χ4n) is 2.42. The van der Waals surface area contributed by atoms with Crippen molar-refractivity contribution in [1.82, 2.24) is 9.78 Å². The Bertz CT molecular complexity index is 1050. The Morgan fingerprint density at radius 1 is 1.00 bits per heavy atom. The first-order valence-electron chi connectivity index (χ1n) is 8.44. The van der Waals surface area contributed by atoms with E-state index < -0.39 is 10.1 Å². The topological polar surface area (TPSA) is 61.2 Å². The predicted octanol–water partition coefficient (Wildman–Crippen LogP) is 4.90. The maximum atomic E-state index is 12.7. The van der Waals surface area contributed by atoms with E-state index in [1.807, 2.05) is 27.7 Å². The molecule has 0 aliphatic heterocycles. The average Bonchev–Trinajstić information content (AvgIpc) is 2.99. The standard InChI is InChI=1S/C20H21ClN2O3S/c1-14-5-11-17(12-6-14)27(24,25)26-19-13-18(20(2,3)4)22-23(19)16-9-7-15(21)8-10-16/h5-13H,1-4H3. The van der Waals surface area contributed by atoms with E-state index in [0.29, 0.717) is 16.4 Å². The summed E-state index contributed by atoms with van der Waals surface area (Å²) in [5, 5.41) is 5.14. The summed E-state index contributed by atoms with van der Waals surface area (Å²) >= 11 is 5.96. The molecule has 1 heterocycles. The minimum Gasteiger partial charge on any atom is -0.358 e. The highest BCUT2D eigenvalue weighted by atomic mass is 35.5. The predicted molar refractivity (Wildman–Crippen MR) is 106 cm³/mol. The molecule has 0 aliphatic rings. The molecule has 2 aromatic carbocycles. The first-order valence-corrected chi connectivity index (χ1v) is 10.2. The minimum atomic E-state index is -3.99. The summed E-state index contributed by atoms with van der Waals surface area (Å²) in [7, 11) is -3.99. The van der Waals surface area contributed by atoms with E-state index in [-0.39, 0.29) is 16.2 Å². The van der Waals surface area contributed by atoms with Crippen LogP contribution in [0.2, 0.25) is 5.02 Å². The summed E-state index contributed by atoms with van der Waals surface area (Å²) in [5.41, 5.74) is 2.06. The van der Waals surface area contributed by atoms with Crippen molar-refractivity contribution in [2.24, 2.45) is 0 Å². The second-order valence-corrected chi connectivity index (χ2v) is 9.34. The smallest absolute Gasteiger partial charge is 0.340 e. The summed E-state index contributed by atoms with van der Waals surface area (Å²) in [6.07, 6.45) is 0. The lowest BCUT2D eigenvalue weighted by atomic mass is 9.93. The van der Waals surface area contributed by atoms with Crippen LogP contribution < -0.4 is 4.18 Å². The zero-order valence-electron chi connectivity index (χ0n) is 15.6. The molecule has 0 N–H and O–H groups in total. The number of aryl methyl sites for hydroxylation is 1. The van der Waals surface area contributed by atoms with Crippen molar-refractivity contribution in [3.8, 4) is 11.6 Å². The van der Waals surface area contributed by atoms with Gasteiger partial charge in [0.05, 0.1) is 11.4 Å². The molecule has 27 heavy (non-hydrogen) atoms. The minimum absolute atomic E-state index is 0.0919. The van der Waals surface area contributed by atoms with Crippen molar-refractivity contribution >= 4 is 21.7 Å². The zero-order valence-corrected chi connectivity index (χ0v) is 17.2. The van der Waals surface area contributed by atoms with E-state index in [2.05, 4.69) is 5.10 Å². The third-order valence-electron chi connectivity index (χ3n) is 4.02. The van der Waals surface area contributed by atoms with Crippen LogP contribution in [0.3, 0.4) is 0 Å². The van der Waals surface area contributed by atoms with Crippen LogP contribution in [0.1, 0.15) is 32.0 Å². The summed E-state index contributed by atoms with van der Waals surface area (Å²) in [6.45, 7) is 7.89. The van der Waals surface area contributed by atoms with Crippen molar-refractivity contribution in [3.05, 3.63) is 70.9 Å². The SMILES string of the molecule is Cc1ccc(S(=O)(=O)Oc2cc(C(C)(C)C)nn2-c2ccc(Cl)cc2)cc1. The van der Waals surface area contributed by atoms with E-state index in [1.165, 1.54) is 16.8 Å². The molecule has 3 aromatic rings. The first-order chi connectivity index (χ1) is 12.6. The van der Waals surface area contributed by atoms with Crippen LogP contribution in [0, 0.1) is 6.92 Å². The second-order valence-electron chi connectivity index (χ2n) is 7.36. The lowest BCUT2D eigenvalue weighted by Crippen LogP contribution is -2.13. The molecule has 142 valence electrons. The second kappa shape index (κ2) is 7.02. The fourth-order valence-corrected chi connectivity index (χ4v) is 3.46. The molecular weight excluding hydrogens is 384 g/mol. The van der Waals surface area contributed by atoms with Gasteiger partial charge in [0.15, 0.2) is 0 Å². The molecule has 3 rings (SSSR count). The van der Waals surface area contributed by atoms with E-state index in [4.69, 9.17) is 15.8 Å². The van der Waals surface area contributed by atoms with Gasteiger partial charge in [0.25, 0.3) is 0 Å². The van der Waals surface area contributed by atoms with Crippen LogP contribution in [0.5, 0.6) is 5.88 Å². The normalized spacial score (nSPS) is 12.2. The molecule has 5 nitrogen and oxygen atoms in total. The Hall–Kier alpha value is -2.31. The lowest BCUT2D eigenvalue weighted by molar-refractivity contribution is 0.464. The van der Waals surface area contributed by atoms with Crippen LogP contribution >= 0.6 is 11.6 Å². The highest BCUT2D eigenvalue weighted by Gasteiger charge is 2.25. The van der Waals surface area contributed by atoms with Crippen molar-refractivity contribution in [3.63, 3.8) is 0 Å². The highest BCUT2D eigenvalue weighted by molar-refractivity contribution is 7.87. The molecule has 0 aliphatic carbocycles. The molecule has 0 atom stereocenters. The van der Waals surface area contributed by atoms with Gasteiger partial charge in [-0.15, -0.1) is 0 Å². The Morgan fingerprint density at radius 3 is 2.15 bits per heavy atom. The molecule has 0 amide bonds. The van der Waals surface area contributed by atoms with Gasteiger partial charge in [-0.1, -0.05) is 50.1 Å². The van der Waals surface area contributed by atoms with Gasteiger partial charge in [0.2, 0.25) is 5.88 Å². The first kappa shape index (κ1) is 19.5. The number of hydrogen-bond donors (Lipinski definition) is 0. The van der Waals surface area contributed by atoms with Gasteiger partial charge in [-0.3, -0.25) is 0 Å². The molecule has 0 unspecified atom stereocenters. The Morgan fingerprint density at radius 2 is 1.59 bits per heavy atom. The third kappa shape index (κ3) is 4.34. The molecular formula is C20H21ClN2O3S. The van der Waals surface area contributed by atoms with Crippen LogP contribution in [0.15, 0.2) is 59.5 Å². The van der Waals surface area contributed by atoms with Gasteiger partial charge in [-0.25, -0.2) is 0 Å². The maximum absolute atomic E-state index is 12.7. The molecule has 0 bridgehead atoms. The van der Waals surface area contributed by atoms with Gasteiger partial charge in [-0.2, -0.15) is 18.2 Å². The van der Waals surface area contributed by atoms with Crippen molar-refractivity contribution in [2.75, 3.05) is 0 Å². The highest BCUT2D eigenvalue weighted by Crippen LogP contribution is 2.30. The Labute approximate surface area is 164 Å². The molecule has 0 fully saturated rings. The van der Waals surface area contributed by atoms with E-state index in [1.54, 1.807) is 42.5 Å². The fraction of sp³-hybridized carbons (Fsp3) is 0.250. The van der Waals surface area contributed by atoms with Gasteiger partial charge < -0.3 is 4.18 Å². The van der Waals surface area contributed by atoms with Crippen LogP contribution in [-0.4, -0.2) is 18.2 Å². The van der Waals surface area contributed by atoms with E-state index in [9.17, 15) is 8.42 Å². The largest absolute Gasteiger partial charge is 0.358 e. The molecule has 0 radical (unpaired) electrons. The number of aromatic nitrogens is 2. The summed E-state index contributed by atoms with van der Waals surface area (Å²) < 4.78 is 32.4. The number of hydrogen-bond acceptors (Lipinski definition) is 4. The number of nitrogens with zero attached hydrogens (tertiary/aromatic N) is 2. The summed E-state index contributed by atoms with van der Waals surface area (Å²) in [5.74, 6) is 0.128. The van der Waals surface area contributed by atoms with Crippen molar-refractivity contribution in [2.45, 2.75) is 38.0 Å². The van der Waals surface area contributed by atoms with Crippen molar-refractivity contribution < 1.29 is 12.6 Å². The monoisotopic (exact) mass is 404 g/mol. The average molecular weight is 405 g/mol. The van der Waals surface area contributed by atoms with Gasteiger partial charge in [0, 0.05) is 16.5 Å². The molecule has 7 heteroatoms. The maximum Gasteiger partial charge on any atom is 0.340 e. The van der Waals surface area contributed by atoms with Gasteiger partial charge in [0.1, 0.15) is 4.90 Å². The van der Waals surface area contributed by atoms with Crippen LogP contribution in [0.25, 0.3) is 5.69 Å². The van der Waals surface area contributed by atoms with Crippen LogP contribution in [-0.2, 0) is 15.5 Å². The molecule has 0 saturated heterocycles. The van der Waals surface area contributed by atoms with E-state index in [0.717, 1.165) is 5.56 Å². The van der Waals surface area contributed by atoms with Crippen molar-refractivity contribution in [1.29, 1.82) is 0 Å². The van der Waals surface area contributed by atoms with Crippen LogP contribution in [0.4, 0.5) is 0 Å². The molecule has 0 saturated carbocycles. The quantitative estimate of drug-likeness (QED) is 0.580. The molecule has 0 spiro atoms. The Kier molecular flexibility index (Phi) is 5.06.